The fraction of sp³-hybridized carbons (Fsp3) is 0.562. The molecule has 6 nitrogen and oxygen atoms in total. The average Bonchev–Trinajstić information content (AvgIpc) is 2.99. The van der Waals surface area contributed by atoms with E-state index >= 15 is 0 Å². The summed E-state index contributed by atoms with van der Waals surface area (Å²) in [5.74, 6) is 0. The van der Waals surface area contributed by atoms with Gasteiger partial charge in [0.2, 0.25) is 0 Å². The Bertz CT molecular complexity index is 462. The predicted molar refractivity (Wildman–Crippen MR) is 81.9 cm³/mol. The van der Waals surface area contributed by atoms with Crippen LogP contribution in [0.25, 0.3) is 0 Å². The molecule has 0 saturated heterocycles. The Morgan fingerprint density at radius 3 is 2.50 bits per heavy atom. The van der Waals surface area contributed by atoms with Crippen molar-refractivity contribution in [2.24, 2.45) is 11.5 Å². The van der Waals surface area contributed by atoms with Crippen LogP contribution < -0.4 is 11.5 Å². The Labute approximate surface area is 130 Å². The van der Waals surface area contributed by atoms with Crippen LogP contribution in [0.2, 0.25) is 0 Å². The first-order valence-electron chi connectivity index (χ1n) is 7.65. The van der Waals surface area contributed by atoms with E-state index in [2.05, 4.69) is 0 Å². The number of hydrogen-bond acceptors (Lipinski definition) is 5. The molecule has 1 aromatic rings. The van der Waals surface area contributed by atoms with Gasteiger partial charge in [-0.15, -0.1) is 0 Å². The van der Waals surface area contributed by atoms with Crippen LogP contribution in [-0.4, -0.2) is 35.7 Å². The maximum absolute atomic E-state index is 11.1. The molecular formula is C16H24N2O4. The molecule has 122 valence electrons. The van der Waals surface area contributed by atoms with Gasteiger partial charge in [-0.25, -0.2) is 4.79 Å². The molecular weight excluding hydrogens is 284 g/mol. The minimum Gasteiger partial charge on any atom is -0.443 e. The number of hydrogen-bond donors (Lipinski definition) is 3. The summed E-state index contributed by atoms with van der Waals surface area (Å²) in [4.78, 5) is 11.1. The van der Waals surface area contributed by atoms with Gasteiger partial charge in [0.05, 0.1) is 6.10 Å². The fourth-order valence-corrected chi connectivity index (χ4v) is 2.77. The molecule has 1 aliphatic rings. The highest BCUT2D eigenvalue weighted by Gasteiger charge is 2.31. The van der Waals surface area contributed by atoms with Crippen molar-refractivity contribution in [3.63, 3.8) is 0 Å². The van der Waals surface area contributed by atoms with E-state index in [1.165, 1.54) is 0 Å². The summed E-state index contributed by atoms with van der Waals surface area (Å²) in [5.41, 5.74) is 11.9. The van der Waals surface area contributed by atoms with Crippen LogP contribution in [0.3, 0.4) is 0 Å². The number of nitrogens with two attached hydrogens (primary N) is 2. The topological polar surface area (TPSA) is 108 Å². The van der Waals surface area contributed by atoms with Crippen molar-refractivity contribution in [1.82, 2.24) is 0 Å². The highest BCUT2D eigenvalue weighted by atomic mass is 16.6. The van der Waals surface area contributed by atoms with Crippen molar-refractivity contribution in [3.05, 3.63) is 35.9 Å². The van der Waals surface area contributed by atoms with Gasteiger partial charge in [0, 0.05) is 6.42 Å². The molecule has 1 saturated carbocycles. The van der Waals surface area contributed by atoms with Gasteiger partial charge < -0.3 is 26.0 Å². The molecule has 0 aromatic heterocycles. The van der Waals surface area contributed by atoms with Gasteiger partial charge in [-0.05, 0) is 18.4 Å². The number of carbonyl (C=O) groups excluding carboxylic acids is 1. The number of rotatable bonds is 7. The van der Waals surface area contributed by atoms with Gasteiger partial charge in [0.1, 0.15) is 18.4 Å². The van der Waals surface area contributed by atoms with E-state index < -0.39 is 24.5 Å². The predicted octanol–water partition coefficient (Wildman–Crippen LogP) is 1.30. The molecule has 2 rings (SSSR count). The zero-order chi connectivity index (χ0) is 15.9. The Kier molecular flexibility index (Phi) is 6.18. The molecule has 1 amide bonds. The third-order valence-corrected chi connectivity index (χ3v) is 3.92. The molecule has 5 N–H and O–H groups in total. The summed E-state index contributed by atoms with van der Waals surface area (Å²) in [6, 6.07) is 9.40. The maximum Gasteiger partial charge on any atom is 0.404 e. The number of carbonyl (C=O) groups is 1. The monoisotopic (exact) mass is 308 g/mol. The van der Waals surface area contributed by atoms with Crippen molar-refractivity contribution >= 4 is 6.09 Å². The van der Waals surface area contributed by atoms with Gasteiger partial charge in [-0.1, -0.05) is 43.2 Å². The van der Waals surface area contributed by atoms with Crippen LogP contribution in [0.15, 0.2) is 30.3 Å². The Balaban J connectivity index is 1.98. The van der Waals surface area contributed by atoms with Gasteiger partial charge in [-0.3, -0.25) is 0 Å². The molecule has 0 radical (unpaired) electrons. The molecule has 3 unspecified atom stereocenters. The second kappa shape index (κ2) is 8.12. The molecule has 0 bridgehead atoms. The first-order valence-corrected chi connectivity index (χ1v) is 7.65. The molecule has 1 aliphatic carbocycles. The third-order valence-electron chi connectivity index (χ3n) is 3.92. The lowest BCUT2D eigenvalue weighted by atomic mass is 10.0. The van der Waals surface area contributed by atoms with E-state index in [4.69, 9.17) is 20.9 Å². The molecule has 22 heavy (non-hydrogen) atoms. The van der Waals surface area contributed by atoms with Crippen LogP contribution in [-0.2, 0) is 15.9 Å². The quantitative estimate of drug-likeness (QED) is 0.658. The number of aliphatic hydroxyl groups is 1. The third kappa shape index (κ3) is 4.98. The fourth-order valence-electron chi connectivity index (χ4n) is 2.77. The summed E-state index contributed by atoms with van der Waals surface area (Å²) in [6.45, 7) is 0. The van der Waals surface area contributed by atoms with Crippen molar-refractivity contribution < 1.29 is 19.4 Å². The smallest absolute Gasteiger partial charge is 0.404 e. The van der Waals surface area contributed by atoms with Crippen molar-refractivity contribution in [3.8, 4) is 0 Å². The van der Waals surface area contributed by atoms with Crippen LogP contribution in [0.4, 0.5) is 4.79 Å². The van der Waals surface area contributed by atoms with E-state index in [-0.39, 0.29) is 6.10 Å². The number of benzene rings is 1. The lowest BCUT2D eigenvalue weighted by Gasteiger charge is -2.28. The van der Waals surface area contributed by atoms with Crippen LogP contribution in [0.5, 0.6) is 0 Å². The number of aliphatic hydroxyl groups excluding tert-OH is 1. The number of ether oxygens (including phenoxy) is 2. The van der Waals surface area contributed by atoms with E-state index in [0.717, 1.165) is 31.2 Å². The Hall–Kier alpha value is -1.63. The highest BCUT2D eigenvalue weighted by Crippen LogP contribution is 2.23. The lowest BCUT2D eigenvalue weighted by Crippen LogP contribution is -2.49. The zero-order valence-corrected chi connectivity index (χ0v) is 12.6. The van der Waals surface area contributed by atoms with E-state index in [0.29, 0.717) is 6.42 Å². The molecule has 1 aromatic carbocycles. The largest absolute Gasteiger partial charge is 0.443 e. The van der Waals surface area contributed by atoms with Crippen LogP contribution in [0.1, 0.15) is 31.2 Å². The van der Waals surface area contributed by atoms with Crippen LogP contribution in [0, 0.1) is 0 Å². The van der Waals surface area contributed by atoms with Gasteiger partial charge in [0.25, 0.3) is 0 Å². The van der Waals surface area contributed by atoms with E-state index in [9.17, 15) is 9.90 Å². The first-order chi connectivity index (χ1) is 10.6. The summed E-state index contributed by atoms with van der Waals surface area (Å²) >= 11 is 0. The Morgan fingerprint density at radius 1 is 1.27 bits per heavy atom. The maximum atomic E-state index is 11.1. The van der Waals surface area contributed by atoms with Crippen molar-refractivity contribution in [2.75, 3.05) is 0 Å². The first kappa shape index (κ1) is 16.7. The highest BCUT2D eigenvalue weighted by molar-refractivity contribution is 5.64. The van der Waals surface area contributed by atoms with Gasteiger partial charge >= 0.3 is 6.09 Å². The molecule has 6 heteroatoms. The molecule has 0 aliphatic heterocycles. The summed E-state index contributed by atoms with van der Waals surface area (Å²) in [7, 11) is 0. The summed E-state index contributed by atoms with van der Waals surface area (Å²) in [6.07, 6.45) is 0.690. The van der Waals surface area contributed by atoms with Crippen molar-refractivity contribution in [1.29, 1.82) is 0 Å². The van der Waals surface area contributed by atoms with Gasteiger partial charge in [0.15, 0.2) is 0 Å². The number of primary amides is 1. The minimum atomic E-state index is -1.13. The van der Waals surface area contributed by atoms with Crippen LogP contribution >= 0.6 is 0 Å². The molecule has 0 heterocycles. The summed E-state index contributed by atoms with van der Waals surface area (Å²) < 4.78 is 10.7. The summed E-state index contributed by atoms with van der Waals surface area (Å²) in [5, 5.41) is 10.4. The minimum absolute atomic E-state index is 0.0654. The number of amides is 1. The van der Waals surface area contributed by atoms with E-state index in [1.54, 1.807) is 0 Å². The lowest BCUT2D eigenvalue weighted by molar-refractivity contribution is -0.111. The van der Waals surface area contributed by atoms with Crippen molar-refractivity contribution in [2.45, 2.75) is 56.6 Å². The normalized spacial score (nSPS) is 19.5. The van der Waals surface area contributed by atoms with Gasteiger partial charge in [-0.2, -0.15) is 0 Å². The SMILES string of the molecule is NC(=O)OC(Cc1ccccc1)C(O)C(N)OC1CCCC1. The van der Waals surface area contributed by atoms with E-state index in [1.807, 2.05) is 30.3 Å². The standard InChI is InChI=1S/C16H24N2O4/c17-15(21-12-8-4-5-9-12)14(19)13(22-16(18)20)10-11-6-2-1-3-7-11/h1-3,6-7,12-15,19H,4-5,8-10,17H2,(H2,18,20). The molecule has 3 atom stereocenters. The Morgan fingerprint density at radius 2 is 1.91 bits per heavy atom. The average molecular weight is 308 g/mol. The zero-order valence-electron chi connectivity index (χ0n) is 12.6. The molecule has 0 spiro atoms. The molecule has 1 fully saturated rings. The second-order valence-electron chi connectivity index (χ2n) is 5.66. The second-order valence-corrected chi connectivity index (χ2v) is 5.66.